The zero-order valence-corrected chi connectivity index (χ0v) is 6.00. The lowest BCUT2D eigenvalue weighted by atomic mass is 10.9. The molecule has 0 heterocycles. The summed E-state index contributed by atoms with van der Waals surface area (Å²) >= 11 is 5.12. The van der Waals surface area contributed by atoms with Crippen molar-refractivity contribution in [2.75, 3.05) is 18.7 Å². The fraction of sp³-hybridized carbons (Fsp3) is 1.00. The monoisotopic (exact) mass is 158 g/mol. The fourth-order valence-corrected chi connectivity index (χ4v) is 0.738. The summed E-state index contributed by atoms with van der Waals surface area (Å²) in [4.78, 5) is 0. The first-order valence-corrected chi connectivity index (χ1v) is 4.32. The number of hydrogen-bond acceptors (Lipinski definition) is 3. The smallest absolute Gasteiger partial charge is 0.264 e. The maximum absolute atomic E-state index is 10.1. The van der Waals surface area contributed by atoms with Gasteiger partial charge in [-0.3, -0.25) is 4.18 Å². The molecule has 8 heavy (non-hydrogen) atoms. The maximum atomic E-state index is 10.1. The zero-order valence-electron chi connectivity index (χ0n) is 4.43. The Labute approximate surface area is 53.7 Å². The Kier molecular flexibility index (Phi) is 3.35. The first-order valence-electron chi connectivity index (χ1n) is 1.96. The van der Waals surface area contributed by atoms with Crippen molar-refractivity contribution in [1.82, 2.24) is 0 Å². The van der Waals surface area contributed by atoms with Crippen molar-refractivity contribution in [1.29, 1.82) is 0 Å². The molecule has 0 bridgehead atoms. The van der Waals surface area contributed by atoms with Crippen molar-refractivity contribution in [2.45, 2.75) is 0 Å². The molecule has 0 fully saturated rings. The van der Waals surface area contributed by atoms with E-state index in [0.29, 0.717) is 0 Å². The average molecular weight is 159 g/mol. The van der Waals surface area contributed by atoms with Gasteiger partial charge in [0.25, 0.3) is 10.1 Å². The summed E-state index contributed by atoms with van der Waals surface area (Å²) in [6.45, 7) is 0.0559. The Morgan fingerprint density at radius 3 is 2.25 bits per heavy atom. The minimum atomic E-state index is -3.27. The molecule has 0 radical (unpaired) electrons. The van der Waals surface area contributed by atoms with Crippen LogP contribution in [0.2, 0.25) is 0 Å². The molecule has 0 amide bonds. The lowest BCUT2D eigenvalue weighted by molar-refractivity contribution is 0.344. The number of hydrogen-bond donors (Lipinski definition) is 0. The van der Waals surface area contributed by atoms with E-state index in [4.69, 9.17) is 11.6 Å². The predicted octanol–water partition coefficient (Wildman–Crippen LogP) is 0.201. The normalized spacial score (nSPS) is 11.8. The van der Waals surface area contributed by atoms with Crippen LogP contribution in [0.25, 0.3) is 0 Å². The van der Waals surface area contributed by atoms with Crippen molar-refractivity contribution in [2.24, 2.45) is 0 Å². The molecule has 0 aromatic carbocycles. The van der Waals surface area contributed by atoms with Gasteiger partial charge in [-0.15, -0.1) is 11.6 Å². The molecule has 0 atom stereocenters. The number of alkyl halides is 1. The number of halogens is 1. The van der Waals surface area contributed by atoms with E-state index in [1.807, 2.05) is 0 Å². The van der Waals surface area contributed by atoms with Gasteiger partial charge in [0.1, 0.15) is 0 Å². The third kappa shape index (κ3) is 6.20. The van der Waals surface area contributed by atoms with Crippen molar-refractivity contribution in [3.05, 3.63) is 0 Å². The van der Waals surface area contributed by atoms with Crippen molar-refractivity contribution in [3.63, 3.8) is 0 Å². The summed E-state index contributed by atoms with van der Waals surface area (Å²) in [5, 5.41) is 0. The molecule has 5 heteroatoms. The van der Waals surface area contributed by atoms with E-state index in [1.54, 1.807) is 0 Å². The van der Waals surface area contributed by atoms with Crippen LogP contribution >= 0.6 is 11.6 Å². The van der Waals surface area contributed by atoms with Crippen LogP contribution in [0.3, 0.4) is 0 Å². The molecule has 50 valence electrons. The molecular formula is C3H7ClO3S. The summed E-state index contributed by atoms with van der Waals surface area (Å²) in [6, 6.07) is 0. The summed E-state index contributed by atoms with van der Waals surface area (Å²) in [7, 11) is -3.27. The SMILES string of the molecule is CS(=O)(=O)OCCCl. The van der Waals surface area contributed by atoms with Crippen LogP contribution in [0.4, 0.5) is 0 Å². The Bertz CT molecular complexity index is 139. The molecule has 0 unspecified atom stereocenters. The topological polar surface area (TPSA) is 43.4 Å². The first kappa shape index (κ1) is 8.20. The molecule has 0 aromatic rings. The second-order valence-electron chi connectivity index (χ2n) is 1.22. The van der Waals surface area contributed by atoms with Crippen LogP contribution in [0.5, 0.6) is 0 Å². The van der Waals surface area contributed by atoms with Gasteiger partial charge in [-0.25, -0.2) is 0 Å². The van der Waals surface area contributed by atoms with Crippen LogP contribution in [0.15, 0.2) is 0 Å². The zero-order chi connectivity index (χ0) is 6.62. The van der Waals surface area contributed by atoms with Crippen LogP contribution < -0.4 is 0 Å². The highest BCUT2D eigenvalue weighted by atomic mass is 35.5. The van der Waals surface area contributed by atoms with Gasteiger partial charge in [-0.2, -0.15) is 8.42 Å². The average Bonchev–Trinajstić information content (AvgIpc) is 1.59. The van der Waals surface area contributed by atoms with Crippen LogP contribution in [-0.4, -0.2) is 27.2 Å². The predicted molar refractivity (Wildman–Crippen MR) is 31.5 cm³/mol. The molecule has 0 saturated carbocycles. The Morgan fingerprint density at radius 2 is 2.12 bits per heavy atom. The Hall–Kier alpha value is 0.200. The third-order valence-electron chi connectivity index (χ3n) is 0.375. The summed E-state index contributed by atoms with van der Waals surface area (Å²) in [5.74, 6) is 0.201. The van der Waals surface area contributed by atoms with E-state index in [1.165, 1.54) is 0 Å². The van der Waals surface area contributed by atoms with Gasteiger partial charge in [0.15, 0.2) is 0 Å². The van der Waals surface area contributed by atoms with Gasteiger partial charge >= 0.3 is 0 Å². The lowest BCUT2D eigenvalue weighted by Crippen LogP contribution is -2.04. The van der Waals surface area contributed by atoms with E-state index < -0.39 is 10.1 Å². The molecule has 0 aliphatic heterocycles. The van der Waals surface area contributed by atoms with E-state index in [9.17, 15) is 8.42 Å². The molecule has 0 rings (SSSR count). The van der Waals surface area contributed by atoms with E-state index in [2.05, 4.69) is 4.18 Å². The van der Waals surface area contributed by atoms with Gasteiger partial charge in [0.2, 0.25) is 0 Å². The highest BCUT2D eigenvalue weighted by molar-refractivity contribution is 7.85. The van der Waals surface area contributed by atoms with Crippen molar-refractivity contribution >= 4 is 21.7 Å². The first-order chi connectivity index (χ1) is 3.56. The van der Waals surface area contributed by atoms with Crippen molar-refractivity contribution in [3.8, 4) is 0 Å². The summed E-state index contributed by atoms with van der Waals surface area (Å²) in [6.07, 6.45) is 0.986. The molecule has 0 N–H and O–H groups in total. The minimum Gasteiger partial charge on any atom is -0.269 e. The van der Waals surface area contributed by atoms with Gasteiger partial charge in [-0.05, 0) is 0 Å². The van der Waals surface area contributed by atoms with E-state index in [-0.39, 0.29) is 12.5 Å². The fourth-order valence-electron chi connectivity index (χ4n) is 0.183. The second kappa shape index (κ2) is 3.27. The largest absolute Gasteiger partial charge is 0.269 e. The standard InChI is InChI=1S/C3H7ClO3S/c1-8(5,6)7-3-2-4/h2-3H2,1H3. The molecule has 0 spiro atoms. The third-order valence-corrected chi connectivity index (χ3v) is 1.12. The lowest BCUT2D eigenvalue weighted by Gasteiger charge is -1.93. The maximum Gasteiger partial charge on any atom is 0.264 e. The molecule has 0 saturated heterocycles. The van der Waals surface area contributed by atoms with Gasteiger partial charge < -0.3 is 0 Å². The highest BCUT2D eigenvalue weighted by Crippen LogP contribution is 1.86. The molecule has 0 aliphatic rings. The highest BCUT2D eigenvalue weighted by Gasteiger charge is 1.97. The number of rotatable bonds is 3. The van der Waals surface area contributed by atoms with Gasteiger partial charge in [0.05, 0.1) is 12.9 Å². The Morgan fingerprint density at radius 1 is 1.62 bits per heavy atom. The molecule has 0 aromatic heterocycles. The molecular weight excluding hydrogens is 152 g/mol. The summed E-state index contributed by atoms with van der Waals surface area (Å²) in [5.41, 5.74) is 0. The van der Waals surface area contributed by atoms with Gasteiger partial charge in [-0.1, -0.05) is 0 Å². The minimum absolute atomic E-state index is 0.0559. The second-order valence-corrected chi connectivity index (χ2v) is 3.24. The van der Waals surface area contributed by atoms with Crippen molar-refractivity contribution < 1.29 is 12.6 Å². The van der Waals surface area contributed by atoms with Crippen LogP contribution in [0.1, 0.15) is 0 Å². The Balaban J connectivity index is 3.42. The quantitative estimate of drug-likeness (QED) is 0.436. The van der Waals surface area contributed by atoms with Crippen LogP contribution in [-0.2, 0) is 14.3 Å². The van der Waals surface area contributed by atoms with Crippen LogP contribution in [0, 0.1) is 0 Å². The van der Waals surface area contributed by atoms with Gasteiger partial charge in [0, 0.05) is 5.88 Å². The molecule has 3 nitrogen and oxygen atoms in total. The van der Waals surface area contributed by atoms with E-state index >= 15 is 0 Å². The summed E-state index contributed by atoms with van der Waals surface area (Å²) < 4.78 is 24.4. The van der Waals surface area contributed by atoms with E-state index in [0.717, 1.165) is 6.26 Å². The molecule has 0 aliphatic carbocycles.